The maximum atomic E-state index is 2.43. The van der Waals surface area contributed by atoms with Crippen LogP contribution in [-0.4, -0.2) is 25.0 Å². The SMILES string of the molecule is CCC1CC2=C(C1)CN(C)C2. The van der Waals surface area contributed by atoms with Gasteiger partial charge in [0.1, 0.15) is 0 Å². The van der Waals surface area contributed by atoms with Gasteiger partial charge in [-0.1, -0.05) is 24.5 Å². The Hall–Kier alpha value is -0.300. The lowest BCUT2D eigenvalue weighted by Crippen LogP contribution is -2.17. The van der Waals surface area contributed by atoms with Crippen LogP contribution in [0.3, 0.4) is 0 Å². The standard InChI is InChI=1S/C10H17N/c1-3-8-4-9-6-11(2)7-10(9)5-8/h8H,3-7H2,1-2H3. The van der Waals surface area contributed by atoms with Crippen LogP contribution < -0.4 is 0 Å². The molecule has 2 aliphatic rings. The molecule has 0 saturated heterocycles. The quantitative estimate of drug-likeness (QED) is 0.518. The van der Waals surface area contributed by atoms with E-state index in [4.69, 9.17) is 0 Å². The third kappa shape index (κ3) is 1.22. The molecule has 1 aliphatic heterocycles. The van der Waals surface area contributed by atoms with Crippen LogP contribution >= 0.6 is 0 Å². The van der Waals surface area contributed by atoms with E-state index < -0.39 is 0 Å². The zero-order valence-electron chi connectivity index (χ0n) is 7.56. The molecule has 0 spiro atoms. The average Bonchev–Trinajstić information content (AvgIpc) is 2.43. The lowest BCUT2D eigenvalue weighted by atomic mass is 10.0. The molecular formula is C10H17N. The van der Waals surface area contributed by atoms with Crippen LogP contribution in [0.2, 0.25) is 0 Å². The summed E-state index contributed by atoms with van der Waals surface area (Å²) in [5.74, 6) is 0.994. The van der Waals surface area contributed by atoms with Crippen LogP contribution in [-0.2, 0) is 0 Å². The highest BCUT2D eigenvalue weighted by atomic mass is 15.1. The van der Waals surface area contributed by atoms with Gasteiger partial charge in [0.05, 0.1) is 0 Å². The summed E-state index contributed by atoms with van der Waals surface area (Å²) in [7, 11) is 2.22. The first-order valence-corrected chi connectivity index (χ1v) is 4.68. The van der Waals surface area contributed by atoms with Crippen molar-refractivity contribution in [1.29, 1.82) is 0 Å². The molecule has 0 atom stereocenters. The molecule has 11 heavy (non-hydrogen) atoms. The lowest BCUT2D eigenvalue weighted by Gasteiger charge is -2.13. The van der Waals surface area contributed by atoms with E-state index in [1.54, 1.807) is 11.1 Å². The van der Waals surface area contributed by atoms with Gasteiger partial charge in [-0.15, -0.1) is 0 Å². The van der Waals surface area contributed by atoms with Crippen molar-refractivity contribution in [3.63, 3.8) is 0 Å². The summed E-state index contributed by atoms with van der Waals surface area (Å²) in [6, 6.07) is 0. The molecular weight excluding hydrogens is 134 g/mol. The van der Waals surface area contributed by atoms with E-state index >= 15 is 0 Å². The van der Waals surface area contributed by atoms with E-state index in [1.807, 2.05) is 0 Å². The van der Waals surface area contributed by atoms with Crippen molar-refractivity contribution in [3.05, 3.63) is 11.1 Å². The van der Waals surface area contributed by atoms with Crippen LogP contribution in [0.5, 0.6) is 0 Å². The molecule has 0 saturated carbocycles. The van der Waals surface area contributed by atoms with Gasteiger partial charge in [-0.3, -0.25) is 4.90 Å². The zero-order chi connectivity index (χ0) is 7.84. The summed E-state index contributed by atoms with van der Waals surface area (Å²) < 4.78 is 0. The maximum Gasteiger partial charge on any atom is 0.0196 e. The first-order chi connectivity index (χ1) is 5.29. The second-order valence-corrected chi connectivity index (χ2v) is 4.06. The Morgan fingerprint density at radius 1 is 1.27 bits per heavy atom. The topological polar surface area (TPSA) is 3.24 Å². The van der Waals surface area contributed by atoms with E-state index in [2.05, 4.69) is 18.9 Å². The van der Waals surface area contributed by atoms with Crippen LogP contribution in [0, 0.1) is 5.92 Å². The molecule has 0 radical (unpaired) electrons. The Balaban J connectivity index is 2.00. The summed E-state index contributed by atoms with van der Waals surface area (Å²) in [5.41, 5.74) is 3.53. The van der Waals surface area contributed by atoms with Gasteiger partial charge >= 0.3 is 0 Å². The molecule has 1 nitrogen and oxygen atoms in total. The average molecular weight is 151 g/mol. The molecule has 0 amide bonds. The van der Waals surface area contributed by atoms with Crippen LogP contribution in [0.15, 0.2) is 11.1 Å². The zero-order valence-corrected chi connectivity index (χ0v) is 7.56. The highest BCUT2D eigenvalue weighted by Crippen LogP contribution is 2.37. The fourth-order valence-electron chi connectivity index (χ4n) is 2.41. The van der Waals surface area contributed by atoms with E-state index in [9.17, 15) is 0 Å². The molecule has 0 fully saturated rings. The second-order valence-electron chi connectivity index (χ2n) is 4.06. The molecule has 1 heterocycles. The minimum Gasteiger partial charge on any atom is -0.299 e. The normalized spacial score (nSPS) is 26.7. The van der Waals surface area contributed by atoms with Gasteiger partial charge in [0.25, 0.3) is 0 Å². The molecule has 0 unspecified atom stereocenters. The van der Waals surface area contributed by atoms with E-state index in [0.717, 1.165) is 5.92 Å². The Kier molecular flexibility index (Phi) is 1.76. The van der Waals surface area contributed by atoms with Crippen molar-refractivity contribution in [3.8, 4) is 0 Å². The molecule has 1 aliphatic carbocycles. The summed E-state index contributed by atoms with van der Waals surface area (Å²) in [5, 5.41) is 0. The van der Waals surface area contributed by atoms with Gasteiger partial charge in [0.2, 0.25) is 0 Å². The van der Waals surface area contributed by atoms with Crippen molar-refractivity contribution >= 4 is 0 Å². The van der Waals surface area contributed by atoms with Gasteiger partial charge < -0.3 is 0 Å². The van der Waals surface area contributed by atoms with E-state index in [1.165, 1.54) is 32.4 Å². The molecule has 0 aromatic heterocycles. The predicted octanol–water partition coefficient (Wildman–Crippen LogP) is 2.05. The van der Waals surface area contributed by atoms with Gasteiger partial charge in [-0.2, -0.15) is 0 Å². The Bertz CT molecular complexity index is 175. The maximum absolute atomic E-state index is 2.43. The van der Waals surface area contributed by atoms with Gasteiger partial charge in [0.15, 0.2) is 0 Å². The molecule has 0 aromatic rings. The smallest absolute Gasteiger partial charge is 0.0196 e. The number of rotatable bonds is 1. The highest BCUT2D eigenvalue weighted by Gasteiger charge is 2.28. The molecule has 2 rings (SSSR count). The summed E-state index contributed by atoms with van der Waals surface area (Å²) >= 11 is 0. The number of hydrogen-bond donors (Lipinski definition) is 0. The summed E-state index contributed by atoms with van der Waals surface area (Å²) in [4.78, 5) is 2.43. The first-order valence-electron chi connectivity index (χ1n) is 4.68. The molecule has 0 N–H and O–H groups in total. The number of likely N-dealkylation sites (tertiary alicyclic amines) is 1. The van der Waals surface area contributed by atoms with E-state index in [-0.39, 0.29) is 0 Å². The molecule has 0 bridgehead atoms. The Morgan fingerprint density at radius 3 is 2.27 bits per heavy atom. The van der Waals surface area contributed by atoms with Gasteiger partial charge in [-0.25, -0.2) is 0 Å². The summed E-state index contributed by atoms with van der Waals surface area (Å²) in [6.45, 7) is 4.83. The van der Waals surface area contributed by atoms with Crippen molar-refractivity contribution in [2.45, 2.75) is 26.2 Å². The number of likely N-dealkylation sites (N-methyl/N-ethyl adjacent to an activating group) is 1. The Labute approximate surface area is 69.1 Å². The molecule has 1 heteroatoms. The second kappa shape index (κ2) is 2.63. The minimum absolute atomic E-state index is 0.994. The lowest BCUT2D eigenvalue weighted by molar-refractivity contribution is 0.392. The van der Waals surface area contributed by atoms with Crippen LogP contribution in [0.25, 0.3) is 0 Å². The molecule has 0 aromatic carbocycles. The number of nitrogens with zero attached hydrogens (tertiary/aromatic N) is 1. The van der Waals surface area contributed by atoms with E-state index in [0.29, 0.717) is 0 Å². The van der Waals surface area contributed by atoms with Crippen molar-refractivity contribution < 1.29 is 0 Å². The van der Waals surface area contributed by atoms with Crippen molar-refractivity contribution in [1.82, 2.24) is 4.90 Å². The third-order valence-electron chi connectivity index (χ3n) is 3.07. The first kappa shape index (κ1) is 7.35. The van der Waals surface area contributed by atoms with Crippen molar-refractivity contribution in [2.75, 3.05) is 20.1 Å². The van der Waals surface area contributed by atoms with Gasteiger partial charge in [-0.05, 0) is 25.8 Å². The fraction of sp³-hybridized carbons (Fsp3) is 0.800. The monoisotopic (exact) mass is 151 g/mol. The number of hydrogen-bond acceptors (Lipinski definition) is 1. The largest absolute Gasteiger partial charge is 0.299 e. The highest BCUT2D eigenvalue weighted by molar-refractivity contribution is 5.28. The van der Waals surface area contributed by atoms with Crippen LogP contribution in [0.1, 0.15) is 26.2 Å². The van der Waals surface area contributed by atoms with Crippen LogP contribution in [0.4, 0.5) is 0 Å². The van der Waals surface area contributed by atoms with Gasteiger partial charge in [0, 0.05) is 13.1 Å². The summed E-state index contributed by atoms with van der Waals surface area (Å²) in [6.07, 6.45) is 4.17. The molecule has 62 valence electrons. The Morgan fingerprint density at radius 2 is 1.82 bits per heavy atom. The third-order valence-corrected chi connectivity index (χ3v) is 3.07. The van der Waals surface area contributed by atoms with Crippen molar-refractivity contribution in [2.24, 2.45) is 5.92 Å². The fourth-order valence-corrected chi connectivity index (χ4v) is 2.41. The minimum atomic E-state index is 0.994. The predicted molar refractivity (Wildman–Crippen MR) is 47.5 cm³/mol.